The van der Waals surface area contributed by atoms with E-state index in [1.54, 1.807) is 4.90 Å². The van der Waals surface area contributed by atoms with E-state index in [2.05, 4.69) is 30.5 Å². The van der Waals surface area contributed by atoms with Crippen molar-refractivity contribution < 1.29 is 19.0 Å². The first-order valence-corrected chi connectivity index (χ1v) is 12.2. The average molecular weight is 465 g/mol. The number of ether oxygens (including phenoxy) is 3. The Labute approximate surface area is 203 Å². The summed E-state index contributed by atoms with van der Waals surface area (Å²) < 4.78 is 17.1. The molecule has 0 aromatic heterocycles. The van der Waals surface area contributed by atoms with Crippen LogP contribution in [0.1, 0.15) is 39.2 Å². The molecule has 0 N–H and O–H groups in total. The third-order valence-corrected chi connectivity index (χ3v) is 6.45. The Balaban J connectivity index is 1.56. The van der Waals surface area contributed by atoms with Crippen molar-refractivity contribution in [3.8, 4) is 28.4 Å². The van der Waals surface area contributed by atoms with E-state index in [-0.39, 0.29) is 19.3 Å². The van der Waals surface area contributed by atoms with E-state index >= 15 is 0 Å². The number of rotatable bonds is 9. The molecule has 1 fully saturated rings. The summed E-state index contributed by atoms with van der Waals surface area (Å²) in [6.45, 7) is 14.6. The molecule has 34 heavy (non-hydrogen) atoms. The highest BCUT2D eigenvalue weighted by Crippen LogP contribution is 2.37. The molecule has 6 heteroatoms. The van der Waals surface area contributed by atoms with Gasteiger partial charge < -0.3 is 19.1 Å². The summed E-state index contributed by atoms with van der Waals surface area (Å²) in [6, 6.07) is 12.2. The van der Waals surface area contributed by atoms with Crippen LogP contribution in [-0.4, -0.2) is 55.3 Å². The number of hydrogen-bond acceptors (Lipinski definition) is 5. The standard InChI is InChI=1S/C28H36N2O4/c1-5-30(15-20(2)3)28(31)18-32-25-10-8-22(23-9-11-26-27(14-23)34-19-33-26)13-24(25)17-29-12-6-7-21(4)16-29/h8-11,13-14,21H,2,5-7,12,15-19H2,1,3-4H3. The van der Waals surface area contributed by atoms with Gasteiger partial charge in [-0.05, 0) is 74.5 Å². The fourth-order valence-corrected chi connectivity index (χ4v) is 4.70. The Morgan fingerprint density at radius 1 is 1.18 bits per heavy atom. The highest BCUT2D eigenvalue weighted by molar-refractivity contribution is 5.78. The maximum Gasteiger partial charge on any atom is 0.260 e. The second kappa shape index (κ2) is 11.0. The van der Waals surface area contributed by atoms with Crippen LogP contribution in [0.5, 0.6) is 17.2 Å². The maximum atomic E-state index is 12.7. The van der Waals surface area contributed by atoms with E-state index in [0.717, 1.165) is 59.1 Å². The van der Waals surface area contributed by atoms with E-state index in [9.17, 15) is 4.79 Å². The normalized spacial score (nSPS) is 17.4. The molecule has 1 atom stereocenters. The number of hydrogen-bond donors (Lipinski definition) is 0. The number of nitrogens with zero attached hydrogens (tertiary/aromatic N) is 2. The van der Waals surface area contributed by atoms with Crippen LogP contribution in [0.3, 0.4) is 0 Å². The van der Waals surface area contributed by atoms with Gasteiger partial charge in [-0.3, -0.25) is 9.69 Å². The van der Waals surface area contributed by atoms with Crippen molar-refractivity contribution in [2.75, 3.05) is 39.6 Å². The number of amides is 1. The highest BCUT2D eigenvalue weighted by atomic mass is 16.7. The second-order valence-electron chi connectivity index (χ2n) is 9.53. The van der Waals surface area contributed by atoms with Gasteiger partial charge in [-0.15, -0.1) is 0 Å². The van der Waals surface area contributed by atoms with Crippen LogP contribution >= 0.6 is 0 Å². The Morgan fingerprint density at radius 2 is 1.94 bits per heavy atom. The molecule has 0 radical (unpaired) electrons. The minimum absolute atomic E-state index is 0.0217. The average Bonchev–Trinajstić information content (AvgIpc) is 3.29. The predicted octanol–water partition coefficient (Wildman–Crippen LogP) is 5.12. The van der Waals surface area contributed by atoms with Gasteiger partial charge in [0.2, 0.25) is 6.79 Å². The number of piperidine rings is 1. The Hall–Kier alpha value is -2.99. The highest BCUT2D eigenvalue weighted by Gasteiger charge is 2.20. The molecule has 2 aromatic carbocycles. The summed E-state index contributed by atoms with van der Waals surface area (Å²) in [4.78, 5) is 17.0. The number of likely N-dealkylation sites (N-methyl/N-ethyl adjacent to an activating group) is 1. The van der Waals surface area contributed by atoms with Crippen molar-refractivity contribution in [2.45, 2.75) is 40.2 Å². The molecule has 4 rings (SSSR count). The summed E-state index contributed by atoms with van der Waals surface area (Å²) in [7, 11) is 0. The SMILES string of the molecule is C=C(C)CN(CC)C(=O)COc1ccc(-c2ccc3c(c2)OCO3)cc1CN1CCCC(C)C1. The van der Waals surface area contributed by atoms with Crippen LogP contribution in [0.2, 0.25) is 0 Å². The third kappa shape index (κ3) is 5.92. The zero-order valence-electron chi connectivity index (χ0n) is 20.6. The topological polar surface area (TPSA) is 51.2 Å². The largest absolute Gasteiger partial charge is 0.483 e. The summed E-state index contributed by atoms with van der Waals surface area (Å²) >= 11 is 0. The van der Waals surface area contributed by atoms with E-state index in [4.69, 9.17) is 14.2 Å². The lowest BCUT2D eigenvalue weighted by Crippen LogP contribution is -2.36. The van der Waals surface area contributed by atoms with Crippen LogP contribution in [0, 0.1) is 5.92 Å². The van der Waals surface area contributed by atoms with E-state index < -0.39 is 0 Å². The van der Waals surface area contributed by atoms with Gasteiger partial charge >= 0.3 is 0 Å². The summed E-state index contributed by atoms with van der Waals surface area (Å²) in [5.74, 6) is 2.98. The summed E-state index contributed by atoms with van der Waals surface area (Å²) in [6.07, 6.45) is 2.49. The van der Waals surface area contributed by atoms with Crippen molar-refractivity contribution in [1.29, 1.82) is 0 Å². The number of carbonyl (C=O) groups excluding carboxylic acids is 1. The van der Waals surface area contributed by atoms with Gasteiger partial charge in [-0.2, -0.15) is 0 Å². The van der Waals surface area contributed by atoms with Crippen molar-refractivity contribution in [2.24, 2.45) is 5.92 Å². The molecule has 2 aliphatic rings. The molecule has 2 aliphatic heterocycles. The zero-order chi connectivity index (χ0) is 24.1. The van der Waals surface area contributed by atoms with Gasteiger partial charge in [0.1, 0.15) is 5.75 Å². The van der Waals surface area contributed by atoms with Crippen molar-refractivity contribution in [1.82, 2.24) is 9.80 Å². The summed E-state index contributed by atoms with van der Waals surface area (Å²) in [5, 5.41) is 0. The molecule has 1 unspecified atom stereocenters. The fraction of sp³-hybridized carbons (Fsp3) is 0.464. The van der Waals surface area contributed by atoms with E-state index in [1.165, 1.54) is 12.8 Å². The first-order chi connectivity index (χ1) is 16.4. The fourth-order valence-electron chi connectivity index (χ4n) is 4.70. The Morgan fingerprint density at radius 3 is 2.71 bits per heavy atom. The lowest BCUT2D eigenvalue weighted by molar-refractivity contribution is -0.132. The van der Waals surface area contributed by atoms with Gasteiger partial charge in [0.05, 0.1) is 0 Å². The van der Waals surface area contributed by atoms with Crippen LogP contribution in [0.4, 0.5) is 0 Å². The molecule has 1 amide bonds. The molecule has 0 aliphatic carbocycles. The van der Waals surface area contributed by atoms with Crippen molar-refractivity contribution >= 4 is 5.91 Å². The third-order valence-electron chi connectivity index (χ3n) is 6.45. The Kier molecular flexibility index (Phi) is 7.78. The van der Waals surface area contributed by atoms with Crippen LogP contribution in [0.25, 0.3) is 11.1 Å². The number of carbonyl (C=O) groups is 1. The summed E-state index contributed by atoms with van der Waals surface area (Å²) in [5.41, 5.74) is 4.22. The van der Waals surface area contributed by atoms with Gasteiger partial charge in [-0.25, -0.2) is 0 Å². The Bertz CT molecular complexity index is 1040. The predicted molar refractivity (Wildman–Crippen MR) is 134 cm³/mol. The molecule has 0 bridgehead atoms. The van der Waals surface area contributed by atoms with Gasteiger partial charge in [0.25, 0.3) is 5.91 Å². The van der Waals surface area contributed by atoms with Gasteiger partial charge in [0, 0.05) is 31.7 Å². The van der Waals surface area contributed by atoms with E-state index in [0.29, 0.717) is 19.0 Å². The smallest absolute Gasteiger partial charge is 0.260 e. The lowest BCUT2D eigenvalue weighted by atomic mass is 9.98. The van der Waals surface area contributed by atoms with Gasteiger partial charge in [-0.1, -0.05) is 31.2 Å². The number of likely N-dealkylation sites (tertiary alicyclic amines) is 1. The molecular formula is C28H36N2O4. The van der Waals surface area contributed by atoms with Crippen LogP contribution in [-0.2, 0) is 11.3 Å². The molecule has 0 spiro atoms. The molecular weight excluding hydrogens is 428 g/mol. The van der Waals surface area contributed by atoms with E-state index in [1.807, 2.05) is 38.1 Å². The zero-order valence-corrected chi connectivity index (χ0v) is 20.6. The molecule has 1 saturated heterocycles. The minimum atomic E-state index is -0.0251. The maximum absolute atomic E-state index is 12.7. The molecule has 6 nitrogen and oxygen atoms in total. The minimum Gasteiger partial charge on any atom is -0.483 e. The van der Waals surface area contributed by atoms with Crippen LogP contribution < -0.4 is 14.2 Å². The quantitative estimate of drug-likeness (QED) is 0.482. The lowest BCUT2D eigenvalue weighted by Gasteiger charge is -2.31. The molecule has 0 saturated carbocycles. The first-order valence-electron chi connectivity index (χ1n) is 12.2. The monoisotopic (exact) mass is 464 g/mol. The number of benzene rings is 2. The van der Waals surface area contributed by atoms with Crippen molar-refractivity contribution in [3.05, 3.63) is 54.1 Å². The van der Waals surface area contributed by atoms with Crippen molar-refractivity contribution in [3.63, 3.8) is 0 Å². The second-order valence-corrected chi connectivity index (χ2v) is 9.53. The molecule has 2 heterocycles. The molecule has 2 aromatic rings. The molecule has 182 valence electrons. The first kappa shape index (κ1) is 24.1. The van der Waals surface area contributed by atoms with Crippen LogP contribution in [0.15, 0.2) is 48.6 Å². The van der Waals surface area contributed by atoms with Gasteiger partial charge in [0.15, 0.2) is 18.1 Å². The number of fused-ring (bicyclic) bond motifs is 1.